The van der Waals surface area contributed by atoms with Gasteiger partial charge in [-0.3, -0.25) is 14.4 Å². The van der Waals surface area contributed by atoms with Crippen molar-refractivity contribution in [2.24, 2.45) is 4.99 Å². The quantitative estimate of drug-likeness (QED) is 0.283. The van der Waals surface area contributed by atoms with Gasteiger partial charge in [0.2, 0.25) is 11.8 Å². The molecule has 1 N–H and O–H groups in total. The van der Waals surface area contributed by atoms with E-state index in [0.717, 1.165) is 16.8 Å². The second kappa shape index (κ2) is 10.6. The Morgan fingerprint density at radius 3 is 2.51 bits per heavy atom. The van der Waals surface area contributed by atoms with Crippen LogP contribution in [0.1, 0.15) is 18.1 Å². The van der Waals surface area contributed by atoms with Gasteiger partial charge in [0.15, 0.2) is 11.2 Å². The molecule has 5 aromatic rings. The maximum atomic E-state index is 12.9. The first kappa shape index (κ1) is 24.2. The normalized spacial score (nSPS) is 11.3. The average Bonchev–Trinajstić information content (AvgIpc) is 3.35. The average molecular weight is 514 g/mol. The Hall–Kier alpha value is -4.50. The minimum Gasteiger partial charge on any atom is -0.439 e. The van der Waals surface area contributed by atoms with Gasteiger partial charge >= 0.3 is 5.56 Å². The summed E-state index contributed by atoms with van der Waals surface area (Å²) < 4.78 is 9.53. The van der Waals surface area contributed by atoms with E-state index in [1.165, 1.54) is 0 Å². The summed E-state index contributed by atoms with van der Waals surface area (Å²) in [5, 5.41) is 3.92. The van der Waals surface area contributed by atoms with Crippen LogP contribution in [-0.2, 0) is 13.1 Å². The summed E-state index contributed by atoms with van der Waals surface area (Å²) in [6.07, 6.45) is 5.08. The maximum Gasteiger partial charge on any atom is 0.300 e. The highest BCUT2D eigenvalue weighted by atomic mass is 35.5. The van der Waals surface area contributed by atoms with Crippen LogP contribution in [0.5, 0.6) is 11.6 Å². The van der Waals surface area contributed by atoms with Crippen LogP contribution < -0.4 is 15.6 Å². The highest BCUT2D eigenvalue weighted by molar-refractivity contribution is 6.30. The standard InChI is InChI=1S/C27H24ClN7O2/c1-3-34-17-31-25-24(34)26(36)33-27(35(25)16-18-4-7-20(28)8-5-18)32-21-9-11-22(12-10-21)37-23-13-6-19(14-29-2)15-30-23/h4-15,17H,3,16H2,1-2H3,(H,32,33,36). The van der Waals surface area contributed by atoms with Crippen LogP contribution in [0.25, 0.3) is 11.2 Å². The number of rotatable bonds is 8. The summed E-state index contributed by atoms with van der Waals surface area (Å²) in [5.74, 6) is 1.49. The topological polar surface area (TPSA) is 99.2 Å². The van der Waals surface area contributed by atoms with Crippen molar-refractivity contribution in [3.8, 4) is 11.6 Å². The van der Waals surface area contributed by atoms with Gasteiger partial charge in [0, 0.05) is 48.3 Å². The van der Waals surface area contributed by atoms with E-state index in [-0.39, 0.29) is 5.56 Å². The molecular weight excluding hydrogens is 490 g/mol. The molecule has 0 saturated carbocycles. The number of hydrogen-bond acceptors (Lipinski definition) is 7. The minimum atomic E-state index is -0.341. The fourth-order valence-electron chi connectivity index (χ4n) is 3.89. The SMILES string of the molecule is CCn1cnc2c1c(=O)nc(Nc1ccc(Oc3ccc(C=NC)cn3)cc1)n2Cc1ccc(Cl)cc1. The first-order chi connectivity index (χ1) is 18.0. The molecular formula is C27H24ClN7O2. The molecule has 0 saturated heterocycles. The smallest absolute Gasteiger partial charge is 0.300 e. The molecule has 3 heterocycles. The third-order valence-corrected chi connectivity index (χ3v) is 5.96. The highest BCUT2D eigenvalue weighted by Crippen LogP contribution is 2.24. The maximum absolute atomic E-state index is 12.9. The monoisotopic (exact) mass is 513 g/mol. The molecule has 9 nitrogen and oxygen atoms in total. The van der Waals surface area contributed by atoms with Crippen molar-refractivity contribution < 1.29 is 4.74 Å². The molecule has 0 aliphatic heterocycles. The third kappa shape index (κ3) is 5.36. The molecule has 0 aliphatic rings. The number of halogens is 1. The third-order valence-electron chi connectivity index (χ3n) is 5.70. The molecule has 0 spiro atoms. The van der Waals surface area contributed by atoms with Crippen LogP contribution >= 0.6 is 11.6 Å². The Morgan fingerprint density at radius 1 is 1.05 bits per heavy atom. The molecule has 5 rings (SSSR count). The fraction of sp³-hybridized carbons (Fsp3) is 0.148. The van der Waals surface area contributed by atoms with Crippen LogP contribution in [-0.4, -0.2) is 37.3 Å². The van der Waals surface area contributed by atoms with Gasteiger partial charge in [-0.05, 0) is 55.0 Å². The molecule has 3 aromatic heterocycles. The van der Waals surface area contributed by atoms with Gasteiger partial charge in [-0.15, -0.1) is 0 Å². The summed E-state index contributed by atoms with van der Waals surface area (Å²) >= 11 is 6.07. The lowest BCUT2D eigenvalue weighted by molar-refractivity contribution is 0.463. The Labute approximate surface area is 218 Å². The van der Waals surface area contributed by atoms with E-state index in [2.05, 4.69) is 25.3 Å². The lowest BCUT2D eigenvalue weighted by Crippen LogP contribution is -2.20. The molecule has 37 heavy (non-hydrogen) atoms. The largest absolute Gasteiger partial charge is 0.439 e. The zero-order valence-corrected chi connectivity index (χ0v) is 21.1. The molecule has 0 aliphatic carbocycles. The number of ether oxygens (including phenoxy) is 1. The van der Waals surface area contributed by atoms with Crippen LogP contribution in [0.3, 0.4) is 0 Å². The molecule has 0 amide bonds. The first-order valence-electron chi connectivity index (χ1n) is 11.7. The number of anilines is 2. The van der Waals surface area contributed by atoms with Gasteiger partial charge < -0.3 is 14.6 Å². The summed E-state index contributed by atoms with van der Waals surface area (Å²) in [6, 6.07) is 18.5. The fourth-order valence-corrected chi connectivity index (χ4v) is 4.01. The lowest BCUT2D eigenvalue weighted by atomic mass is 10.2. The number of nitrogens with one attached hydrogen (secondary N) is 1. The summed E-state index contributed by atoms with van der Waals surface area (Å²) in [5.41, 5.74) is 3.31. The second-order valence-electron chi connectivity index (χ2n) is 8.22. The first-order valence-corrected chi connectivity index (χ1v) is 12.0. The number of nitrogens with zero attached hydrogens (tertiary/aromatic N) is 6. The van der Waals surface area contributed by atoms with Crippen LogP contribution in [0.4, 0.5) is 11.6 Å². The molecule has 0 radical (unpaired) electrons. The summed E-state index contributed by atoms with van der Waals surface area (Å²) in [4.78, 5) is 30.1. The Bertz CT molecular complexity index is 1610. The molecule has 0 unspecified atom stereocenters. The van der Waals surface area contributed by atoms with Crippen molar-refractivity contribution >= 4 is 40.6 Å². The Balaban J connectivity index is 1.43. The predicted octanol–water partition coefficient (Wildman–Crippen LogP) is 5.29. The zero-order valence-electron chi connectivity index (χ0n) is 20.3. The zero-order chi connectivity index (χ0) is 25.8. The number of aliphatic imine (C=N–C) groups is 1. The van der Waals surface area contributed by atoms with Crippen LogP contribution in [0, 0.1) is 0 Å². The van der Waals surface area contributed by atoms with Gasteiger partial charge in [-0.2, -0.15) is 4.98 Å². The van der Waals surface area contributed by atoms with Crippen molar-refractivity contribution in [3.05, 3.63) is 99.7 Å². The van der Waals surface area contributed by atoms with Crippen LogP contribution in [0.2, 0.25) is 5.02 Å². The number of imidazole rings is 1. The van der Waals surface area contributed by atoms with Gasteiger partial charge in [-0.25, -0.2) is 9.97 Å². The van der Waals surface area contributed by atoms with E-state index in [1.807, 2.05) is 66.1 Å². The Kier molecular flexibility index (Phi) is 6.96. The summed E-state index contributed by atoms with van der Waals surface area (Å²) in [7, 11) is 1.71. The van der Waals surface area contributed by atoms with E-state index in [1.54, 1.807) is 36.4 Å². The van der Waals surface area contributed by atoms with Gasteiger partial charge in [0.1, 0.15) is 5.75 Å². The Morgan fingerprint density at radius 2 is 1.84 bits per heavy atom. The van der Waals surface area contributed by atoms with Crippen molar-refractivity contribution in [2.75, 3.05) is 12.4 Å². The van der Waals surface area contributed by atoms with E-state index in [9.17, 15) is 4.79 Å². The second-order valence-corrected chi connectivity index (χ2v) is 8.66. The predicted molar refractivity (Wildman–Crippen MR) is 146 cm³/mol. The van der Waals surface area contributed by atoms with Crippen molar-refractivity contribution in [3.63, 3.8) is 0 Å². The minimum absolute atomic E-state index is 0.341. The van der Waals surface area contributed by atoms with Crippen molar-refractivity contribution in [2.45, 2.75) is 20.0 Å². The van der Waals surface area contributed by atoms with Crippen LogP contribution in [0.15, 0.2) is 83.0 Å². The molecule has 10 heteroatoms. The molecule has 2 aromatic carbocycles. The van der Waals surface area contributed by atoms with E-state index >= 15 is 0 Å². The molecule has 0 atom stereocenters. The molecule has 0 bridgehead atoms. The van der Waals surface area contributed by atoms with Gasteiger partial charge in [-0.1, -0.05) is 23.7 Å². The van der Waals surface area contributed by atoms with Gasteiger partial charge in [0.05, 0.1) is 12.9 Å². The summed E-state index contributed by atoms with van der Waals surface area (Å²) in [6.45, 7) is 3.03. The lowest BCUT2D eigenvalue weighted by Gasteiger charge is -2.15. The van der Waals surface area contributed by atoms with Crippen molar-refractivity contribution in [1.82, 2.24) is 24.1 Å². The van der Waals surface area contributed by atoms with E-state index in [0.29, 0.717) is 46.9 Å². The molecule has 186 valence electrons. The number of benzene rings is 2. The van der Waals surface area contributed by atoms with Crippen molar-refractivity contribution in [1.29, 1.82) is 0 Å². The molecule has 0 fully saturated rings. The number of hydrogen-bond donors (Lipinski definition) is 1. The van der Waals surface area contributed by atoms with Gasteiger partial charge in [0.25, 0.3) is 0 Å². The number of pyridine rings is 1. The highest BCUT2D eigenvalue weighted by Gasteiger charge is 2.16. The number of aromatic nitrogens is 5. The number of fused-ring (bicyclic) bond motifs is 1. The van der Waals surface area contributed by atoms with E-state index < -0.39 is 0 Å². The number of aryl methyl sites for hydroxylation is 1. The van der Waals surface area contributed by atoms with E-state index in [4.69, 9.17) is 16.3 Å².